The maximum absolute atomic E-state index is 10.8. The molecule has 0 aliphatic rings. The van der Waals surface area contributed by atoms with Crippen LogP contribution in [-0.2, 0) is 4.79 Å². The van der Waals surface area contributed by atoms with E-state index in [1.807, 2.05) is 43.3 Å². The number of nitrogens with one attached hydrogen (secondary N) is 3. The van der Waals surface area contributed by atoms with E-state index in [0.717, 1.165) is 23.3 Å². The highest BCUT2D eigenvalue weighted by molar-refractivity contribution is 7.13. The fourth-order valence-corrected chi connectivity index (χ4v) is 2.74. The molecule has 2 heterocycles. The highest BCUT2D eigenvalue weighted by atomic mass is 32.1. The quantitative estimate of drug-likeness (QED) is 0.325. The highest BCUT2D eigenvalue weighted by Gasteiger charge is 2.18. The number of thiophene rings is 1. The summed E-state index contributed by atoms with van der Waals surface area (Å²) in [6.07, 6.45) is 5.45. The summed E-state index contributed by atoms with van der Waals surface area (Å²) < 4.78 is 5.07. The second-order valence-electron chi connectivity index (χ2n) is 6.90. The molecule has 0 unspecified atom stereocenters. The van der Waals surface area contributed by atoms with Gasteiger partial charge >= 0.3 is 0 Å². The smallest absolute Gasteiger partial charge is 0.236 e. The van der Waals surface area contributed by atoms with Crippen LogP contribution in [0.1, 0.15) is 30.8 Å². The molecule has 9 heteroatoms. The van der Waals surface area contributed by atoms with Gasteiger partial charge in [0.15, 0.2) is 6.29 Å². The molecule has 0 fully saturated rings. The summed E-state index contributed by atoms with van der Waals surface area (Å²) in [4.78, 5) is 27.8. The number of carbonyl (C=O) groups excluding carboxylic acids is 2. The lowest BCUT2D eigenvalue weighted by Gasteiger charge is -2.25. The molecule has 0 saturated carbocycles. The molecule has 2 rings (SSSR count). The fraction of sp³-hybridized carbons (Fsp3) is 0.400. The van der Waals surface area contributed by atoms with Crippen LogP contribution in [0.25, 0.3) is 10.8 Å². The van der Waals surface area contributed by atoms with Gasteiger partial charge in [-0.1, -0.05) is 19.9 Å². The molecule has 0 spiro atoms. The minimum Gasteiger partial charge on any atom is -0.443 e. The van der Waals surface area contributed by atoms with Crippen LogP contribution >= 0.6 is 11.3 Å². The van der Waals surface area contributed by atoms with Gasteiger partial charge in [-0.3, -0.25) is 10.2 Å². The number of likely N-dealkylation sites (N-methyl/N-ethyl adjacent to an activating group) is 2. The zero-order valence-corrected chi connectivity index (χ0v) is 18.3. The van der Waals surface area contributed by atoms with Gasteiger partial charge in [0.05, 0.1) is 10.6 Å². The van der Waals surface area contributed by atoms with E-state index in [1.165, 1.54) is 17.6 Å². The van der Waals surface area contributed by atoms with Crippen LogP contribution in [0.4, 0.5) is 0 Å². The molecule has 3 N–H and O–H groups in total. The van der Waals surface area contributed by atoms with Crippen molar-refractivity contribution >= 4 is 29.7 Å². The standard InChI is InChI=1S/C12H24N4O.C8H5NO2S/c1-12(2,9-17)6-7-16(5)11(13)10(15-4)8-14-3;10-4-6-5-11-8(9-6)7-2-1-3-12-7/h8-9,13-15H,6-7H2,1-5H3;1-5H/b10-8+,13-11?;. The summed E-state index contributed by atoms with van der Waals surface area (Å²) in [5.41, 5.74) is 0.721. The van der Waals surface area contributed by atoms with Crippen LogP contribution in [0.3, 0.4) is 0 Å². The normalized spacial score (nSPS) is 11.1. The molecule has 2 aromatic rings. The van der Waals surface area contributed by atoms with Gasteiger partial charge in [-0.25, -0.2) is 4.98 Å². The van der Waals surface area contributed by atoms with Crippen molar-refractivity contribution in [1.29, 1.82) is 5.41 Å². The number of aldehydes is 2. The minimum atomic E-state index is -0.332. The maximum atomic E-state index is 10.8. The van der Waals surface area contributed by atoms with Gasteiger partial charge < -0.3 is 24.7 Å². The topological polar surface area (TPSA) is 111 Å². The van der Waals surface area contributed by atoms with Gasteiger partial charge in [0.1, 0.15) is 24.1 Å². The molecule has 2 aromatic heterocycles. The minimum absolute atomic E-state index is 0.332. The molecule has 0 aliphatic carbocycles. The number of aromatic nitrogens is 1. The largest absolute Gasteiger partial charge is 0.443 e. The number of amidine groups is 1. The van der Waals surface area contributed by atoms with Crippen LogP contribution in [0.2, 0.25) is 0 Å². The Balaban J connectivity index is 0.000000304. The second kappa shape index (κ2) is 11.8. The first kappa shape index (κ1) is 24.1. The monoisotopic (exact) mass is 419 g/mol. The van der Waals surface area contributed by atoms with E-state index in [9.17, 15) is 9.59 Å². The summed E-state index contributed by atoms with van der Waals surface area (Å²) >= 11 is 1.53. The third kappa shape index (κ3) is 7.90. The van der Waals surface area contributed by atoms with Crippen LogP contribution in [0.5, 0.6) is 0 Å². The second-order valence-corrected chi connectivity index (χ2v) is 7.84. The molecule has 0 aliphatic heterocycles. The average molecular weight is 420 g/mol. The molecule has 158 valence electrons. The third-order valence-electron chi connectivity index (χ3n) is 3.98. The highest BCUT2D eigenvalue weighted by Crippen LogP contribution is 2.23. The first-order chi connectivity index (χ1) is 13.8. The van der Waals surface area contributed by atoms with E-state index in [1.54, 1.807) is 20.3 Å². The predicted octanol–water partition coefficient (Wildman–Crippen LogP) is 3.01. The van der Waals surface area contributed by atoms with Crippen molar-refractivity contribution in [2.24, 2.45) is 5.41 Å². The Labute approximate surface area is 175 Å². The lowest BCUT2D eigenvalue weighted by molar-refractivity contribution is -0.115. The lowest BCUT2D eigenvalue weighted by atomic mass is 9.91. The van der Waals surface area contributed by atoms with Gasteiger partial charge in [-0.15, -0.1) is 11.3 Å². The predicted molar refractivity (Wildman–Crippen MR) is 116 cm³/mol. The Morgan fingerprint density at radius 3 is 2.59 bits per heavy atom. The average Bonchev–Trinajstić information content (AvgIpc) is 3.41. The maximum Gasteiger partial charge on any atom is 0.236 e. The molecule has 0 radical (unpaired) electrons. The van der Waals surface area contributed by atoms with Crippen molar-refractivity contribution in [2.75, 3.05) is 27.7 Å². The number of rotatable bonds is 9. The van der Waals surface area contributed by atoms with E-state index in [-0.39, 0.29) is 5.41 Å². The summed E-state index contributed by atoms with van der Waals surface area (Å²) in [7, 11) is 5.42. The van der Waals surface area contributed by atoms with Crippen molar-refractivity contribution in [1.82, 2.24) is 20.5 Å². The molecule has 0 amide bonds. The first-order valence-corrected chi connectivity index (χ1v) is 9.92. The molecule has 0 atom stereocenters. The summed E-state index contributed by atoms with van der Waals surface area (Å²) in [5, 5.41) is 15.8. The summed E-state index contributed by atoms with van der Waals surface area (Å²) in [6, 6.07) is 3.80. The van der Waals surface area contributed by atoms with Crippen molar-refractivity contribution in [3.8, 4) is 10.8 Å². The zero-order valence-electron chi connectivity index (χ0n) is 17.5. The Morgan fingerprint density at radius 1 is 1.38 bits per heavy atom. The van der Waals surface area contributed by atoms with Crippen LogP contribution in [-0.4, -0.2) is 56.0 Å². The van der Waals surface area contributed by atoms with E-state index in [4.69, 9.17) is 9.83 Å². The molecule has 29 heavy (non-hydrogen) atoms. The molecule has 8 nitrogen and oxygen atoms in total. The number of carbonyl (C=O) groups is 2. The Bertz CT molecular complexity index is 812. The van der Waals surface area contributed by atoms with Crippen LogP contribution in [0.15, 0.2) is 40.1 Å². The first-order valence-electron chi connectivity index (χ1n) is 9.04. The van der Waals surface area contributed by atoms with Crippen molar-refractivity contribution < 1.29 is 14.0 Å². The molecular formula is C20H29N5O3S. The fourth-order valence-electron chi connectivity index (χ4n) is 2.09. The van der Waals surface area contributed by atoms with Crippen molar-refractivity contribution in [2.45, 2.75) is 20.3 Å². The molecular weight excluding hydrogens is 390 g/mol. The SMILES string of the molecule is CN/C=C(/NC)C(=N)N(C)CCC(C)(C)C=O.O=Cc1coc(-c2cccs2)n1. The third-order valence-corrected chi connectivity index (χ3v) is 4.84. The van der Waals surface area contributed by atoms with E-state index < -0.39 is 0 Å². The molecule has 0 bridgehead atoms. The summed E-state index contributed by atoms with van der Waals surface area (Å²) in [6.45, 7) is 4.48. The van der Waals surface area contributed by atoms with Crippen LogP contribution in [0, 0.1) is 10.8 Å². The zero-order chi connectivity index (χ0) is 21.9. The van der Waals surface area contributed by atoms with E-state index in [2.05, 4.69) is 15.6 Å². The Kier molecular flexibility index (Phi) is 9.81. The number of oxazole rings is 1. The summed E-state index contributed by atoms with van der Waals surface area (Å²) in [5.74, 6) is 0.913. The van der Waals surface area contributed by atoms with Gasteiger partial charge in [0, 0.05) is 39.3 Å². The van der Waals surface area contributed by atoms with E-state index >= 15 is 0 Å². The van der Waals surface area contributed by atoms with Gasteiger partial charge in [0.25, 0.3) is 0 Å². The van der Waals surface area contributed by atoms with Gasteiger partial charge in [-0.2, -0.15) is 0 Å². The molecule has 0 aromatic carbocycles. The number of hydrogen-bond donors (Lipinski definition) is 3. The van der Waals surface area contributed by atoms with Crippen molar-refractivity contribution in [3.63, 3.8) is 0 Å². The Morgan fingerprint density at radius 2 is 2.10 bits per heavy atom. The van der Waals surface area contributed by atoms with Crippen LogP contribution < -0.4 is 10.6 Å². The Hall–Kier alpha value is -2.94. The van der Waals surface area contributed by atoms with Gasteiger partial charge in [-0.05, 0) is 17.9 Å². The lowest BCUT2D eigenvalue weighted by Crippen LogP contribution is -2.35. The number of nitrogens with zero attached hydrogens (tertiary/aromatic N) is 2. The molecule has 0 saturated heterocycles. The van der Waals surface area contributed by atoms with Crippen molar-refractivity contribution in [3.05, 3.63) is 41.4 Å². The number of hydrogen-bond acceptors (Lipinski definition) is 8. The van der Waals surface area contributed by atoms with Gasteiger partial charge in [0.2, 0.25) is 5.89 Å². The van der Waals surface area contributed by atoms with E-state index in [0.29, 0.717) is 30.3 Å².